The highest BCUT2D eigenvalue weighted by Crippen LogP contribution is 2.25. The number of fused-ring (bicyclic) bond motifs is 1. The zero-order valence-corrected chi connectivity index (χ0v) is 14.4. The van der Waals surface area contributed by atoms with E-state index in [4.69, 9.17) is 10.2 Å². The average Bonchev–Trinajstić information content (AvgIpc) is 2.90. The molecule has 2 heterocycles. The first kappa shape index (κ1) is 16.3. The molecular formula is C20H24N4O. The minimum absolute atomic E-state index is 0.545. The molecule has 1 fully saturated rings. The minimum atomic E-state index is 0.545. The fourth-order valence-electron chi connectivity index (χ4n) is 3.30. The maximum absolute atomic E-state index is 5.93. The van der Waals surface area contributed by atoms with Gasteiger partial charge >= 0.3 is 0 Å². The van der Waals surface area contributed by atoms with Crippen LogP contribution in [0.5, 0.6) is 0 Å². The highest BCUT2D eigenvalue weighted by atomic mass is 16.3. The highest BCUT2D eigenvalue weighted by Gasteiger charge is 2.12. The van der Waals surface area contributed by atoms with Gasteiger partial charge in [0.05, 0.1) is 0 Å². The van der Waals surface area contributed by atoms with Crippen LogP contribution in [0, 0.1) is 0 Å². The van der Waals surface area contributed by atoms with Gasteiger partial charge in [-0.15, -0.1) is 0 Å². The van der Waals surface area contributed by atoms with Crippen LogP contribution in [-0.4, -0.2) is 36.1 Å². The molecule has 0 bridgehead atoms. The van der Waals surface area contributed by atoms with E-state index in [2.05, 4.69) is 27.3 Å². The number of benzene rings is 2. The molecule has 0 amide bonds. The van der Waals surface area contributed by atoms with Crippen LogP contribution in [-0.2, 0) is 13.1 Å². The van der Waals surface area contributed by atoms with Crippen LogP contribution < -0.4 is 11.1 Å². The number of nitrogens with two attached hydrogens (primary N) is 1. The molecule has 25 heavy (non-hydrogen) atoms. The van der Waals surface area contributed by atoms with Gasteiger partial charge in [0.2, 0.25) is 5.89 Å². The molecular weight excluding hydrogens is 312 g/mol. The summed E-state index contributed by atoms with van der Waals surface area (Å²) in [7, 11) is 0. The van der Waals surface area contributed by atoms with Crippen molar-refractivity contribution < 1.29 is 4.42 Å². The largest absolute Gasteiger partial charge is 0.436 e. The van der Waals surface area contributed by atoms with E-state index < -0.39 is 0 Å². The first-order valence-corrected chi connectivity index (χ1v) is 8.94. The molecule has 3 N–H and O–H groups in total. The number of hydrogen-bond acceptors (Lipinski definition) is 5. The van der Waals surface area contributed by atoms with Gasteiger partial charge < -0.3 is 15.5 Å². The monoisotopic (exact) mass is 336 g/mol. The summed E-state index contributed by atoms with van der Waals surface area (Å²) in [5.41, 5.74) is 10.8. The van der Waals surface area contributed by atoms with Crippen LogP contribution in [0.4, 0.5) is 0 Å². The molecule has 0 radical (unpaired) electrons. The van der Waals surface area contributed by atoms with Crippen molar-refractivity contribution in [2.75, 3.05) is 26.2 Å². The quantitative estimate of drug-likeness (QED) is 0.767. The fraction of sp³-hybridized carbons (Fsp3) is 0.350. The molecule has 1 aliphatic heterocycles. The smallest absolute Gasteiger partial charge is 0.227 e. The van der Waals surface area contributed by atoms with Crippen molar-refractivity contribution in [3.8, 4) is 11.5 Å². The second kappa shape index (κ2) is 7.35. The molecule has 3 aromatic rings. The normalized spacial score (nSPS) is 16.2. The molecule has 0 saturated carbocycles. The van der Waals surface area contributed by atoms with Crippen LogP contribution in [0.1, 0.15) is 17.5 Å². The van der Waals surface area contributed by atoms with Gasteiger partial charge in [0.15, 0.2) is 5.58 Å². The van der Waals surface area contributed by atoms with Crippen LogP contribution in [0.2, 0.25) is 0 Å². The van der Waals surface area contributed by atoms with Gasteiger partial charge in [-0.2, -0.15) is 0 Å². The molecule has 5 nitrogen and oxygen atoms in total. The molecule has 4 rings (SSSR count). The molecule has 1 aromatic heterocycles. The van der Waals surface area contributed by atoms with Crippen molar-refractivity contribution >= 4 is 11.1 Å². The number of nitrogens with zero attached hydrogens (tertiary/aromatic N) is 2. The number of oxazole rings is 1. The Morgan fingerprint density at radius 3 is 2.72 bits per heavy atom. The topological polar surface area (TPSA) is 67.3 Å². The zero-order valence-electron chi connectivity index (χ0n) is 14.4. The highest BCUT2D eigenvalue weighted by molar-refractivity contribution is 5.77. The lowest BCUT2D eigenvalue weighted by Gasteiger charge is -2.19. The van der Waals surface area contributed by atoms with Crippen LogP contribution in [0.15, 0.2) is 46.9 Å². The van der Waals surface area contributed by atoms with E-state index in [1.807, 2.05) is 30.3 Å². The van der Waals surface area contributed by atoms with Crippen LogP contribution in [0.3, 0.4) is 0 Å². The molecule has 1 saturated heterocycles. The van der Waals surface area contributed by atoms with E-state index in [9.17, 15) is 0 Å². The van der Waals surface area contributed by atoms with E-state index >= 15 is 0 Å². The molecule has 0 atom stereocenters. The molecule has 130 valence electrons. The van der Waals surface area contributed by atoms with Crippen LogP contribution in [0.25, 0.3) is 22.6 Å². The van der Waals surface area contributed by atoms with Crippen molar-refractivity contribution in [2.24, 2.45) is 5.73 Å². The molecule has 1 aliphatic rings. The van der Waals surface area contributed by atoms with Gasteiger partial charge in [0.25, 0.3) is 0 Å². The van der Waals surface area contributed by atoms with Gasteiger partial charge in [0, 0.05) is 31.7 Å². The third-order valence-corrected chi connectivity index (χ3v) is 4.73. The lowest BCUT2D eigenvalue weighted by atomic mass is 10.1. The summed E-state index contributed by atoms with van der Waals surface area (Å²) in [5, 5.41) is 3.45. The predicted molar refractivity (Wildman–Crippen MR) is 100 cm³/mol. The van der Waals surface area contributed by atoms with Crippen LogP contribution >= 0.6 is 0 Å². The summed E-state index contributed by atoms with van der Waals surface area (Å²) >= 11 is 0. The summed E-state index contributed by atoms with van der Waals surface area (Å²) in [6.07, 6.45) is 1.20. The Bertz CT molecular complexity index is 833. The second-order valence-electron chi connectivity index (χ2n) is 6.60. The first-order valence-electron chi connectivity index (χ1n) is 8.94. The van der Waals surface area contributed by atoms with Crippen molar-refractivity contribution in [3.05, 3.63) is 53.6 Å². The van der Waals surface area contributed by atoms with E-state index in [0.717, 1.165) is 55.0 Å². The third-order valence-electron chi connectivity index (χ3n) is 4.73. The fourth-order valence-corrected chi connectivity index (χ4v) is 3.30. The Hall–Kier alpha value is -2.21. The van der Waals surface area contributed by atoms with Gasteiger partial charge in [0.1, 0.15) is 5.52 Å². The Labute approximate surface area is 147 Å². The molecule has 5 heteroatoms. The summed E-state index contributed by atoms with van der Waals surface area (Å²) < 4.78 is 5.93. The predicted octanol–water partition coefficient (Wildman–Crippen LogP) is 2.75. The van der Waals surface area contributed by atoms with Gasteiger partial charge in [-0.1, -0.05) is 18.2 Å². The molecule has 0 spiro atoms. The van der Waals surface area contributed by atoms with E-state index in [0.29, 0.717) is 12.4 Å². The Kier molecular flexibility index (Phi) is 4.78. The zero-order chi connectivity index (χ0) is 17.1. The minimum Gasteiger partial charge on any atom is -0.436 e. The van der Waals surface area contributed by atoms with E-state index in [1.165, 1.54) is 12.0 Å². The van der Waals surface area contributed by atoms with Crippen molar-refractivity contribution in [1.29, 1.82) is 0 Å². The summed E-state index contributed by atoms with van der Waals surface area (Å²) in [6.45, 7) is 5.92. The van der Waals surface area contributed by atoms with Gasteiger partial charge in [-0.25, -0.2) is 4.98 Å². The van der Waals surface area contributed by atoms with Crippen molar-refractivity contribution in [1.82, 2.24) is 15.2 Å². The standard InChI is InChI=1S/C20H24N4O/c21-13-15-2-5-17(6-3-15)20-23-18-12-16(4-7-19(18)25-20)14-24-10-1-8-22-9-11-24/h2-7,12,22H,1,8-11,13-14,21H2. The van der Waals surface area contributed by atoms with Crippen molar-refractivity contribution in [3.63, 3.8) is 0 Å². The first-order chi connectivity index (χ1) is 12.3. The van der Waals surface area contributed by atoms with E-state index in [-0.39, 0.29) is 0 Å². The summed E-state index contributed by atoms with van der Waals surface area (Å²) in [5.74, 6) is 0.662. The molecule has 0 unspecified atom stereocenters. The number of aromatic nitrogens is 1. The maximum atomic E-state index is 5.93. The van der Waals surface area contributed by atoms with E-state index in [1.54, 1.807) is 0 Å². The Morgan fingerprint density at radius 1 is 1.04 bits per heavy atom. The second-order valence-corrected chi connectivity index (χ2v) is 6.60. The number of nitrogens with one attached hydrogen (secondary N) is 1. The summed E-state index contributed by atoms with van der Waals surface area (Å²) in [4.78, 5) is 7.18. The maximum Gasteiger partial charge on any atom is 0.227 e. The number of rotatable bonds is 4. The third kappa shape index (κ3) is 3.74. The SMILES string of the molecule is NCc1ccc(-c2nc3cc(CN4CCCNCC4)ccc3o2)cc1. The van der Waals surface area contributed by atoms with Gasteiger partial charge in [-0.3, -0.25) is 4.90 Å². The lowest BCUT2D eigenvalue weighted by Crippen LogP contribution is -2.27. The average molecular weight is 336 g/mol. The lowest BCUT2D eigenvalue weighted by molar-refractivity contribution is 0.284. The Morgan fingerprint density at radius 2 is 1.88 bits per heavy atom. The molecule has 0 aliphatic carbocycles. The number of hydrogen-bond donors (Lipinski definition) is 2. The van der Waals surface area contributed by atoms with Crippen molar-refractivity contribution in [2.45, 2.75) is 19.5 Å². The molecule has 2 aromatic carbocycles. The van der Waals surface area contributed by atoms with Gasteiger partial charge in [-0.05, 0) is 54.9 Å². The summed E-state index contributed by atoms with van der Waals surface area (Å²) in [6, 6.07) is 14.4. The Balaban J connectivity index is 1.56.